The molecule has 156 valence electrons. The number of rotatable bonds is 11. The first-order chi connectivity index (χ1) is 14.1. The molecule has 1 aliphatic rings. The maximum absolute atomic E-state index is 13.0. The number of urea groups is 1. The van der Waals surface area contributed by atoms with Gasteiger partial charge >= 0.3 is 6.03 Å². The molecular weight excluding hydrogens is 388 g/mol. The van der Waals surface area contributed by atoms with E-state index in [2.05, 4.69) is 22.0 Å². The maximum atomic E-state index is 13.0. The van der Waals surface area contributed by atoms with E-state index in [0.717, 1.165) is 48.6 Å². The smallest absolute Gasteiger partial charge is 0.318 e. The van der Waals surface area contributed by atoms with Crippen molar-refractivity contribution in [1.82, 2.24) is 20.9 Å². The summed E-state index contributed by atoms with van der Waals surface area (Å²) in [5.41, 5.74) is 1.03. The van der Waals surface area contributed by atoms with Crippen molar-refractivity contribution in [2.75, 3.05) is 20.1 Å². The number of nitrogens with zero attached hydrogens (tertiary/aromatic N) is 1. The van der Waals surface area contributed by atoms with Crippen LogP contribution in [-0.4, -0.2) is 49.6 Å². The molecule has 0 heterocycles. The molecule has 3 amide bonds. The van der Waals surface area contributed by atoms with E-state index >= 15 is 0 Å². The summed E-state index contributed by atoms with van der Waals surface area (Å²) in [6.07, 6.45) is 4.54. The predicted molar refractivity (Wildman–Crippen MR) is 117 cm³/mol. The van der Waals surface area contributed by atoms with Crippen molar-refractivity contribution in [3.8, 4) is 0 Å². The minimum absolute atomic E-state index is 0.00328. The van der Waals surface area contributed by atoms with Crippen molar-refractivity contribution in [2.45, 2.75) is 44.3 Å². The lowest BCUT2D eigenvalue weighted by Crippen LogP contribution is -2.51. The third-order valence-electron chi connectivity index (χ3n) is 5.28. The first kappa shape index (κ1) is 21.4. The average Bonchev–Trinajstić information content (AvgIpc) is 3.55. The van der Waals surface area contributed by atoms with Gasteiger partial charge in [-0.05, 0) is 73.8 Å². The number of benzene rings is 2. The lowest BCUT2D eigenvalue weighted by molar-refractivity contribution is -0.109. The minimum atomic E-state index is -0.0687. The number of fused-ring (bicyclic) bond motifs is 1. The van der Waals surface area contributed by atoms with E-state index in [9.17, 15) is 9.59 Å². The summed E-state index contributed by atoms with van der Waals surface area (Å²) in [5.74, 6) is 0. The second-order valence-electron chi connectivity index (χ2n) is 7.55. The molecule has 1 aliphatic carbocycles. The van der Waals surface area contributed by atoms with E-state index in [1.165, 1.54) is 0 Å². The van der Waals surface area contributed by atoms with Gasteiger partial charge in [-0.2, -0.15) is 0 Å². The van der Waals surface area contributed by atoms with Gasteiger partial charge < -0.3 is 20.9 Å². The molecule has 0 aliphatic heterocycles. The Hall–Kier alpha value is -2.31. The number of halogens is 1. The molecule has 1 saturated carbocycles. The fourth-order valence-electron chi connectivity index (χ4n) is 3.67. The highest BCUT2D eigenvalue weighted by atomic mass is 35.5. The normalized spacial score (nSPS) is 14.4. The lowest BCUT2D eigenvalue weighted by atomic mass is 10.1. The fraction of sp³-hybridized carbons (Fsp3) is 0.455. The van der Waals surface area contributed by atoms with Crippen molar-refractivity contribution >= 4 is 34.8 Å². The summed E-state index contributed by atoms with van der Waals surface area (Å²) in [6.45, 7) is 1.82. The topological polar surface area (TPSA) is 73.5 Å². The van der Waals surface area contributed by atoms with Crippen LogP contribution in [0.3, 0.4) is 0 Å². The average molecular weight is 417 g/mol. The second kappa shape index (κ2) is 10.5. The van der Waals surface area contributed by atoms with Crippen molar-refractivity contribution < 1.29 is 9.59 Å². The third kappa shape index (κ3) is 6.08. The molecule has 1 unspecified atom stereocenters. The van der Waals surface area contributed by atoms with Gasteiger partial charge in [-0.1, -0.05) is 29.8 Å². The van der Waals surface area contributed by atoms with Gasteiger partial charge in [0.25, 0.3) is 0 Å². The summed E-state index contributed by atoms with van der Waals surface area (Å²) < 4.78 is 0. The van der Waals surface area contributed by atoms with Gasteiger partial charge in [0.05, 0.1) is 6.04 Å². The Morgan fingerprint density at radius 1 is 1.24 bits per heavy atom. The Morgan fingerprint density at radius 3 is 2.76 bits per heavy atom. The molecule has 6 nitrogen and oxygen atoms in total. The van der Waals surface area contributed by atoms with E-state index in [4.69, 9.17) is 11.6 Å². The molecule has 0 aromatic heterocycles. The van der Waals surface area contributed by atoms with Crippen LogP contribution in [-0.2, 0) is 11.3 Å². The number of nitrogens with one attached hydrogen (secondary N) is 3. The van der Waals surface area contributed by atoms with E-state index in [1.807, 2.05) is 42.3 Å². The van der Waals surface area contributed by atoms with Crippen LogP contribution in [0.4, 0.5) is 4.79 Å². The maximum Gasteiger partial charge on any atom is 0.318 e. The van der Waals surface area contributed by atoms with Crippen LogP contribution < -0.4 is 16.0 Å². The van der Waals surface area contributed by atoms with Gasteiger partial charge in [-0.15, -0.1) is 0 Å². The monoisotopic (exact) mass is 416 g/mol. The molecule has 2 aromatic rings. The van der Waals surface area contributed by atoms with E-state index in [1.54, 1.807) is 0 Å². The number of hydrogen-bond acceptors (Lipinski definition) is 3. The second-order valence-corrected chi connectivity index (χ2v) is 7.99. The van der Waals surface area contributed by atoms with Crippen molar-refractivity contribution in [3.05, 3.63) is 47.0 Å². The zero-order valence-electron chi connectivity index (χ0n) is 16.8. The van der Waals surface area contributed by atoms with Gasteiger partial charge in [0.2, 0.25) is 6.41 Å². The van der Waals surface area contributed by atoms with Crippen LogP contribution in [0.5, 0.6) is 0 Å². The molecule has 0 radical (unpaired) electrons. The molecule has 29 heavy (non-hydrogen) atoms. The van der Waals surface area contributed by atoms with Crippen LogP contribution in [0.25, 0.3) is 10.8 Å². The Kier molecular flexibility index (Phi) is 7.72. The number of hydrogen-bond donors (Lipinski definition) is 3. The Bertz CT molecular complexity index is 841. The summed E-state index contributed by atoms with van der Waals surface area (Å²) in [7, 11) is 1.92. The molecular formula is C22H29ClN4O2. The predicted octanol–water partition coefficient (Wildman–Crippen LogP) is 3.28. The molecule has 3 rings (SSSR count). The van der Waals surface area contributed by atoms with Crippen LogP contribution in [0.1, 0.15) is 31.2 Å². The van der Waals surface area contributed by atoms with Gasteiger partial charge in [0.1, 0.15) is 0 Å². The molecule has 0 saturated heterocycles. The van der Waals surface area contributed by atoms with Crippen LogP contribution in [0.2, 0.25) is 5.02 Å². The summed E-state index contributed by atoms with van der Waals surface area (Å²) in [5, 5.41) is 11.8. The van der Waals surface area contributed by atoms with E-state index in [0.29, 0.717) is 24.5 Å². The van der Waals surface area contributed by atoms with Crippen molar-refractivity contribution in [2.24, 2.45) is 0 Å². The van der Waals surface area contributed by atoms with Crippen molar-refractivity contribution in [1.29, 1.82) is 0 Å². The number of carbonyl (C=O) groups excluding carboxylic acids is 2. The minimum Gasteiger partial charge on any atom is -0.357 e. The van der Waals surface area contributed by atoms with Gasteiger partial charge in [-0.3, -0.25) is 4.79 Å². The highest BCUT2D eigenvalue weighted by Crippen LogP contribution is 2.30. The standard InChI is InChI=1S/C22H29ClN4O2/c1-24-10-2-3-21(14-25-15-28)27(20-8-9-20)22(29)26-13-16-4-5-17-6-7-19(23)12-18(17)11-16/h4-7,11-12,15,20-21,24H,2-3,8-10,13-14H2,1H3,(H,25,28)(H,26,29). The summed E-state index contributed by atoms with van der Waals surface area (Å²) in [6, 6.07) is 12.1. The van der Waals surface area contributed by atoms with Crippen molar-refractivity contribution in [3.63, 3.8) is 0 Å². The zero-order valence-corrected chi connectivity index (χ0v) is 17.5. The molecule has 1 atom stereocenters. The number of carbonyl (C=O) groups is 2. The summed E-state index contributed by atoms with van der Waals surface area (Å²) >= 11 is 6.10. The Balaban J connectivity index is 1.66. The van der Waals surface area contributed by atoms with Gasteiger partial charge in [-0.25, -0.2) is 4.79 Å². The van der Waals surface area contributed by atoms with Crippen LogP contribution in [0, 0.1) is 0 Å². The van der Waals surface area contributed by atoms with Crippen LogP contribution >= 0.6 is 11.6 Å². The fourth-order valence-corrected chi connectivity index (χ4v) is 3.85. The molecule has 0 bridgehead atoms. The van der Waals surface area contributed by atoms with Gasteiger partial charge in [0.15, 0.2) is 0 Å². The molecule has 7 heteroatoms. The molecule has 2 aromatic carbocycles. The highest BCUT2D eigenvalue weighted by Gasteiger charge is 2.37. The largest absolute Gasteiger partial charge is 0.357 e. The first-order valence-corrected chi connectivity index (χ1v) is 10.6. The first-order valence-electron chi connectivity index (χ1n) is 10.2. The lowest BCUT2D eigenvalue weighted by Gasteiger charge is -2.32. The molecule has 1 fully saturated rings. The number of amides is 3. The van der Waals surface area contributed by atoms with Crippen LogP contribution in [0.15, 0.2) is 36.4 Å². The Morgan fingerprint density at radius 2 is 2.03 bits per heavy atom. The third-order valence-corrected chi connectivity index (χ3v) is 5.51. The quantitative estimate of drug-likeness (QED) is 0.388. The highest BCUT2D eigenvalue weighted by molar-refractivity contribution is 6.31. The van der Waals surface area contributed by atoms with E-state index in [-0.39, 0.29) is 18.1 Å². The summed E-state index contributed by atoms with van der Waals surface area (Å²) in [4.78, 5) is 25.8. The SMILES string of the molecule is CNCCCC(CNC=O)N(C(=O)NCc1ccc2ccc(Cl)cc2c1)C1CC1. The molecule has 0 spiro atoms. The van der Waals surface area contributed by atoms with E-state index < -0.39 is 0 Å². The Labute approximate surface area is 177 Å². The zero-order chi connectivity index (χ0) is 20.6. The molecule has 3 N–H and O–H groups in total. The van der Waals surface area contributed by atoms with Gasteiger partial charge in [0, 0.05) is 24.2 Å².